The summed E-state index contributed by atoms with van der Waals surface area (Å²) < 4.78 is 10.0. The molecule has 0 aliphatic carbocycles. The summed E-state index contributed by atoms with van der Waals surface area (Å²) in [5, 5.41) is 0.599. The highest BCUT2D eigenvalue weighted by molar-refractivity contribution is 6.32. The lowest BCUT2D eigenvalue weighted by molar-refractivity contribution is 0.109. The molecular formula is C10H14ClNO2. The van der Waals surface area contributed by atoms with Gasteiger partial charge in [-0.15, -0.1) is 0 Å². The van der Waals surface area contributed by atoms with Crippen LogP contribution in [0.1, 0.15) is 5.56 Å². The maximum absolute atomic E-state index is 5.88. The average Bonchev–Trinajstić information content (AvgIpc) is 2.20. The van der Waals surface area contributed by atoms with Crippen molar-refractivity contribution in [2.75, 3.05) is 14.2 Å². The normalized spacial score (nSPS) is 12.6. The third-order valence-corrected chi connectivity index (χ3v) is 2.27. The fourth-order valence-electron chi connectivity index (χ4n) is 1.15. The Hall–Kier alpha value is -0.770. The minimum Gasteiger partial charge on any atom is -0.495 e. The first-order valence-electron chi connectivity index (χ1n) is 4.28. The fraction of sp³-hybridized carbons (Fsp3) is 0.400. The van der Waals surface area contributed by atoms with Crippen molar-refractivity contribution in [1.82, 2.24) is 0 Å². The van der Waals surface area contributed by atoms with Gasteiger partial charge < -0.3 is 15.2 Å². The highest BCUT2D eigenvalue weighted by atomic mass is 35.5. The standard InChI is InChI=1S/C10H14ClNO2/c1-13-9-5-7(3-4-8(9)11)6-10(12)14-2/h3-5,10H,6,12H2,1-2H3. The Kier molecular flexibility index (Phi) is 4.20. The molecule has 1 aromatic rings. The Balaban J connectivity index is 2.79. The molecule has 0 spiro atoms. The molecule has 1 rings (SSSR count). The van der Waals surface area contributed by atoms with Gasteiger partial charge in [0, 0.05) is 13.5 Å². The van der Waals surface area contributed by atoms with Gasteiger partial charge in [0.1, 0.15) is 12.0 Å². The summed E-state index contributed by atoms with van der Waals surface area (Å²) in [6, 6.07) is 5.56. The zero-order chi connectivity index (χ0) is 10.6. The predicted octanol–water partition coefficient (Wildman–Crippen LogP) is 1.82. The maximum atomic E-state index is 5.88. The lowest BCUT2D eigenvalue weighted by atomic mass is 10.1. The van der Waals surface area contributed by atoms with Crippen LogP contribution in [0.2, 0.25) is 5.02 Å². The molecule has 0 heterocycles. The van der Waals surface area contributed by atoms with Crippen LogP contribution in [0.25, 0.3) is 0 Å². The second kappa shape index (κ2) is 5.20. The molecule has 0 radical (unpaired) electrons. The van der Waals surface area contributed by atoms with Crippen molar-refractivity contribution in [3.63, 3.8) is 0 Å². The topological polar surface area (TPSA) is 44.5 Å². The van der Waals surface area contributed by atoms with Gasteiger partial charge in [0.25, 0.3) is 0 Å². The van der Waals surface area contributed by atoms with Gasteiger partial charge in [-0.1, -0.05) is 17.7 Å². The first kappa shape index (κ1) is 11.3. The van der Waals surface area contributed by atoms with Crippen LogP contribution in [-0.4, -0.2) is 20.4 Å². The molecule has 14 heavy (non-hydrogen) atoms. The summed E-state index contributed by atoms with van der Waals surface area (Å²) in [6.45, 7) is 0. The fourth-order valence-corrected chi connectivity index (χ4v) is 1.34. The van der Waals surface area contributed by atoms with Gasteiger partial charge in [-0.05, 0) is 17.7 Å². The number of halogens is 1. The molecule has 0 fully saturated rings. The lowest BCUT2D eigenvalue weighted by Crippen LogP contribution is -2.24. The summed E-state index contributed by atoms with van der Waals surface area (Å²) in [5.74, 6) is 0.660. The summed E-state index contributed by atoms with van der Waals surface area (Å²) in [4.78, 5) is 0. The van der Waals surface area contributed by atoms with Gasteiger partial charge in [-0.2, -0.15) is 0 Å². The van der Waals surface area contributed by atoms with Crippen molar-refractivity contribution in [1.29, 1.82) is 0 Å². The number of ether oxygens (including phenoxy) is 2. The third-order valence-electron chi connectivity index (χ3n) is 1.96. The van der Waals surface area contributed by atoms with Crippen LogP contribution in [-0.2, 0) is 11.2 Å². The van der Waals surface area contributed by atoms with Crippen molar-refractivity contribution in [3.8, 4) is 5.75 Å². The molecule has 1 unspecified atom stereocenters. The van der Waals surface area contributed by atoms with Gasteiger partial charge in [-0.25, -0.2) is 0 Å². The first-order chi connectivity index (χ1) is 6.67. The van der Waals surface area contributed by atoms with E-state index in [1.807, 2.05) is 12.1 Å². The van der Waals surface area contributed by atoms with Gasteiger partial charge in [0.15, 0.2) is 0 Å². The monoisotopic (exact) mass is 215 g/mol. The second-order valence-electron chi connectivity index (χ2n) is 2.95. The zero-order valence-electron chi connectivity index (χ0n) is 8.29. The Morgan fingerprint density at radius 2 is 2.14 bits per heavy atom. The molecule has 0 saturated heterocycles. The quantitative estimate of drug-likeness (QED) is 0.780. The van der Waals surface area contributed by atoms with Gasteiger partial charge in [0.2, 0.25) is 0 Å². The molecular weight excluding hydrogens is 202 g/mol. The first-order valence-corrected chi connectivity index (χ1v) is 4.66. The second-order valence-corrected chi connectivity index (χ2v) is 3.35. The molecule has 3 nitrogen and oxygen atoms in total. The van der Waals surface area contributed by atoms with Crippen molar-refractivity contribution >= 4 is 11.6 Å². The van der Waals surface area contributed by atoms with Gasteiger partial charge in [-0.3, -0.25) is 0 Å². The van der Waals surface area contributed by atoms with E-state index < -0.39 is 0 Å². The molecule has 0 amide bonds. The molecule has 0 saturated carbocycles. The smallest absolute Gasteiger partial charge is 0.137 e. The number of benzene rings is 1. The molecule has 4 heteroatoms. The maximum Gasteiger partial charge on any atom is 0.137 e. The van der Waals surface area contributed by atoms with E-state index >= 15 is 0 Å². The lowest BCUT2D eigenvalue weighted by Gasteiger charge is -2.10. The predicted molar refractivity (Wildman–Crippen MR) is 56.7 cm³/mol. The van der Waals surface area contributed by atoms with Crippen LogP contribution < -0.4 is 10.5 Å². The van der Waals surface area contributed by atoms with E-state index in [2.05, 4.69) is 0 Å². The molecule has 1 atom stereocenters. The molecule has 2 N–H and O–H groups in total. The average molecular weight is 216 g/mol. The van der Waals surface area contributed by atoms with E-state index in [-0.39, 0.29) is 6.23 Å². The molecule has 0 aliphatic rings. The van der Waals surface area contributed by atoms with E-state index in [1.54, 1.807) is 20.3 Å². The highest BCUT2D eigenvalue weighted by Crippen LogP contribution is 2.25. The molecule has 0 aliphatic heterocycles. The molecule has 1 aromatic carbocycles. The van der Waals surface area contributed by atoms with Gasteiger partial charge >= 0.3 is 0 Å². The van der Waals surface area contributed by atoms with E-state index in [0.29, 0.717) is 17.2 Å². The van der Waals surface area contributed by atoms with E-state index in [9.17, 15) is 0 Å². The molecule has 0 bridgehead atoms. The number of hydrogen-bond donors (Lipinski definition) is 1. The van der Waals surface area contributed by atoms with Crippen molar-refractivity contribution in [2.24, 2.45) is 5.73 Å². The Morgan fingerprint density at radius 1 is 1.43 bits per heavy atom. The van der Waals surface area contributed by atoms with Crippen LogP contribution in [0.3, 0.4) is 0 Å². The third kappa shape index (κ3) is 2.87. The van der Waals surface area contributed by atoms with Crippen molar-refractivity contribution < 1.29 is 9.47 Å². The van der Waals surface area contributed by atoms with E-state index in [1.165, 1.54) is 0 Å². The van der Waals surface area contributed by atoms with Gasteiger partial charge in [0.05, 0.1) is 12.1 Å². The van der Waals surface area contributed by atoms with E-state index in [4.69, 9.17) is 26.8 Å². The van der Waals surface area contributed by atoms with Crippen LogP contribution in [0.15, 0.2) is 18.2 Å². The SMILES string of the molecule is COc1cc(CC(N)OC)ccc1Cl. The Labute approximate surface area is 88.8 Å². The highest BCUT2D eigenvalue weighted by Gasteiger charge is 2.05. The number of methoxy groups -OCH3 is 2. The zero-order valence-corrected chi connectivity index (χ0v) is 9.04. The minimum atomic E-state index is -0.291. The summed E-state index contributed by atoms with van der Waals surface area (Å²) in [7, 11) is 3.17. The number of nitrogens with two attached hydrogens (primary N) is 1. The largest absolute Gasteiger partial charge is 0.495 e. The van der Waals surface area contributed by atoms with E-state index in [0.717, 1.165) is 5.56 Å². The number of hydrogen-bond acceptors (Lipinski definition) is 3. The molecule has 0 aromatic heterocycles. The summed E-state index contributed by atoms with van der Waals surface area (Å²) in [5.41, 5.74) is 6.68. The van der Waals surface area contributed by atoms with Crippen molar-refractivity contribution in [3.05, 3.63) is 28.8 Å². The van der Waals surface area contributed by atoms with Crippen LogP contribution in [0.5, 0.6) is 5.75 Å². The van der Waals surface area contributed by atoms with Crippen LogP contribution in [0.4, 0.5) is 0 Å². The van der Waals surface area contributed by atoms with Crippen molar-refractivity contribution in [2.45, 2.75) is 12.6 Å². The Morgan fingerprint density at radius 3 is 2.71 bits per heavy atom. The Bertz CT molecular complexity index is 304. The number of rotatable bonds is 4. The minimum absolute atomic E-state index is 0.291. The van der Waals surface area contributed by atoms with Crippen LogP contribution >= 0.6 is 11.6 Å². The van der Waals surface area contributed by atoms with Crippen LogP contribution in [0, 0.1) is 0 Å². The molecule has 78 valence electrons. The summed E-state index contributed by atoms with van der Waals surface area (Å²) >= 11 is 5.88. The summed E-state index contributed by atoms with van der Waals surface area (Å²) in [6.07, 6.45) is 0.352.